The van der Waals surface area contributed by atoms with E-state index in [2.05, 4.69) is 10.0 Å². The van der Waals surface area contributed by atoms with E-state index in [1.807, 2.05) is 6.92 Å². The Labute approximate surface area is 198 Å². The first kappa shape index (κ1) is 24.7. The van der Waals surface area contributed by atoms with Gasteiger partial charge in [-0.25, -0.2) is 17.9 Å². The van der Waals surface area contributed by atoms with Crippen LogP contribution in [-0.2, 0) is 24.4 Å². The highest BCUT2D eigenvalue weighted by molar-refractivity contribution is 8.00. The van der Waals surface area contributed by atoms with E-state index in [0.717, 1.165) is 12.7 Å². The van der Waals surface area contributed by atoms with Crippen molar-refractivity contribution in [3.8, 4) is 0 Å². The SMILES string of the molecule is C[C@@H](NS(C)(=O)=O)[C@H]1C(=O)N2C(C(=O)O)C(S[C@@H]3CN[C@H](C(=O)N4CC[C@@H](N)C4)C3)[C@H](C)[C@H]12. The second-order valence-corrected chi connectivity index (χ2v) is 13.1. The van der Waals surface area contributed by atoms with E-state index in [1.165, 1.54) is 16.7 Å². The number of amides is 2. The van der Waals surface area contributed by atoms with Crippen molar-refractivity contribution in [3.63, 3.8) is 0 Å². The van der Waals surface area contributed by atoms with Crippen molar-refractivity contribution in [3.05, 3.63) is 0 Å². The molecule has 33 heavy (non-hydrogen) atoms. The van der Waals surface area contributed by atoms with Crippen LogP contribution in [0.5, 0.6) is 0 Å². The molecule has 2 amide bonds. The third-order valence-electron chi connectivity index (χ3n) is 7.36. The number of nitrogens with zero attached hydrogens (tertiary/aromatic N) is 2. The Kier molecular flexibility index (Phi) is 6.73. The summed E-state index contributed by atoms with van der Waals surface area (Å²) < 4.78 is 25.8. The zero-order chi connectivity index (χ0) is 24.2. The first-order valence-electron chi connectivity index (χ1n) is 11.3. The number of hydrogen-bond acceptors (Lipinski definition) is 8. The molecule has 13 heteroatoms. The van der Waals surface area contributed by atoms with Crippen molar-refractivity contribution < 1.29 is 27.9 Å². The molecular formula is C20H33N5O6S2. The molecule has 0 radical (unpaired) electrons. The molecule has 0 saturated carbocycles. The van der Waals surface area contributed by atoms with Crippen LogP contribution in [0.2, 0.25) is 0 Å². The van der Waals surface area contributed by atoms with Gasteiger partial charge in [0.25, 0.3) is 0 Å². The first-order chi connectivity index (χ1) is 15.4. The van der Waals surface area contributed by atoms with Crippen LogP contribution in [0.1, 0.15) is 26.7 Å². The topological polar surface area (TPSA) is 162 Å². The lowest BCUT2D eigenvalue weighted by molar-refractivity contribution is -0.166. The first-order valence-corrected chi connectivity index (χ1v) is 14.2. The molecule has 0 spiro atoms. The predicted molar refractivity (Wildman–Crippen MR) is 123 cm³/mol. The van der Waals surface area contributed by atoms with Gasteiger partial charge in [-0.15, -0.1) is 0 Å². The molecule has 9 atom stereocenters. The van der Waals surface area contributed by atoms with Crippen LogP contribution >= 0.6 is 11.8 Å². The molecule has 4 saturated heterocycles. The molecule has 5 N–H and O–H groups in total. The summed E-state index contributed by atoms with van der Waals surface area (Å²) in [6, 6.07) is -2.20. The molecule has 0 aromatic carbocycles. The molecule has 186 valence electrons. The van der Waals surface area contributed by atoms with Gasteiger partial charge in [0.1, 0.15) is 6.04 Å². The molecule has 0 aromatic rings. The number of β-lactam (4-membered cyclic amide) rings is 1. The van der Waals surface area contributed by atoms with Crippen molar-refractivity contribution in [2.24, 2.45) is 17.6 Å². The minimum absolute atomic E-state index is 0.0192. The molecule has 4 aliphatic rings. The lowest BCUT2D eigenvalue weighted by Crippen LogP contribution is -2.67. The molecule has 0 aromatic heterocycles. The highest BCUT2D eigenvalue weighted by Crippen LogP contribution is 2.50. The fraction of sp³-hybridized carbons (Fsp3) is 0.850. The summed E-state index contributed by atoms with van der Waals surface area (Å²) in [5, 5.41) is 12.9. The summed E-state index contributed by atoms with van der Waals surface area (Å²) in [5.41, 5.74) is 5.92. The van der Waals surface area contributed by atoms with Gasteiger partial charge in [0.2, 0.25) is 21.8 Å². The summed E-state index contributed by atoms with van der Waals surface area (Å²) in [6.45, 7) is 5.39. The summed E-state index contributed by atoms with van der Waals surface area (Å²) in [7, 11) is -3.50. The summed E-state index contributed by atoms with van der Waals surface area (Å²) in [5.74, 6) is -2.05. The van der Waals surface area contributed by atoms with Gasteiger partial charge in [-0.1, -0.05) is 6.92 Å². The van der Waals surface area contributed by atoms with Crippen LogP contribution < -0.4 is 15.8 Å². The van der Waals surface area contributed by atoms with Gasteiger partial charge in [-0.3, -0.25) is 9.59 Å². The largest absolute Gasteiger partial charge is 0.480 e. The minimum Gasteiger partial charge on any atom is -0.480 e. The maximum absolute atomic E-state index is 12.9. The number of carbonyl (C=O) groups is 3. The van der Waals surface area contributed by atoms with Crippen LogP contribution in [0.4, 0.5) is 0 Å². The zero-order valence-corrected chi connectivity index (χ0v) is 20.6. The standard InChI is InChI=1S/C20H33N5O6S2/c1-9-15-14(10(2)23-33(3,30)31)19(27)25(15)16(20(28)29)17(9)32-12-6-13(22-7-12)18(26)24-5-4-11(21)8-24/h9-17,22-23H,4-8,21H2,1-3H3,(H,28,29)/t9-,10-,11-,12+,13+,14-,15-,16?,17?/m1/s1. The average Bonchev–Trinajstić information content (AvgIpc) is 3.39. The normalized spacial score (nSPS) is 39.5. The molecule has 11 nitrogen and oxygen atoms in total. The summed E-state index contributed by atoms with van der Waals surface area (Å²) in [6.07, 6.45) is 2.44. The molecule has 4 fully saturated rings. The van der Waals surface area contributed by atoms with Crippen LogP contribution in [0.3, 0.4) is 0 Å². The smallest absolute Gasteiger partial charge is 0.327 e. The van der Waals surface area contributed by atoms with Crippen molar-refractivity contribution in [1.82, 2.24) is 19.8 Å². The van der Waals surface area contributed by atoms with Gasteiger partial charge in [0.15, 0.2) is 0 Å². The number of likely N-dealkylation sites (tertiary alicyclic amines) is 1. The summed E-state index contributed by atoms with van der Waals surface area (Å²) in [4.78, 5) is 41.0. The quantitative estimate of drug-likeness (QED) is 0.295. The van der Waals surface area contributed by atoms with Gasteiger partial charge in [0, 0.05) is 48.3 Å². The number of aliphatic carboxylic acids is 1. The molecule has 4 rings (SSSR count). The van der Waals surface area contributed by atoms with E-state index in [0.29, 0.717) is 26.1 Å². The van der Waals surface area contributed by atoms with E-state index in [4.69, 9.17) is 5.73 Å². The number of carboxylic acid groups (broad SMARTS) is 1. The van der Waals surface area contributed by atoms with Gasteiger partial charge in [-0.05, 0) is 25.7 Å². The Morgan fingerprint density at radius 2 is 2.06 bits per heavy atom. The third-order valence-corrected chi connectivity index (χ3v) is 9.91. The second kappa shape index (κ2) is 8.99. The van der Waals surface area contributed by atoms with Crippen molar-refractivity contribution >= 4 is 39.6 Å². The van der Waals surface area contributed by atoms with Crippen molar-refractivity contribution in [2.45, 2.75) is 67.4 Å². The van der Waals surface area contributed by atoms with E-state index in [-0.39, 0.29) is 46.4 Å². The average molecular weight is 504 g/mol. The molecule has 4 aliphatic heterocycles. The zero-order valence-electron chi connectivity index (χ0n) is 19.0. The van der Waals surface area contributed by atoms with Crippen LogP contribution in [0, 0.1) is 11.8 Å². The lowest BCUT2D eigenvalue weighted by atomic mass is 9.79. The number of nitrogens with two attached hydrogens (primary N) is 1. The van der Waals surface area contributed by atoms with Gasteiger partial charge in [-0.2, -0.15) is 11.8 Å². The van der Waals surface area contributed by atoms with E-state index >= 15 is 0 Å². The number of thioether (sulfide) groups is 1. The van der Waals surface area contributed by atoms with Gasteiger partial charge < -0.3 is 26.0 Å². The number of nitrogens with one attached hydrogen (secondary N) is 2. The predicted octanol–water partition coefficient (Wildman–Crippen LogP) is -1.75. The van der Waals surface area contributed by atoms with E-state index < -0.39 is 34.0 Å². The molecule has 0 aliphatic carbocycles. The Bertz CT molecular complexity index is 932. The highest BCUT2D eigenvalue weighted by atomic mass is 32.2. The van der Waals surface area contributed by atoms with Crippen molar-refractivity contribution in [2.75, 3.05) is 25.9 Å². The highest BCUT2D eigenvalue weighted by Gasteiger charge is 2.65. The van der Waals surface area contributed by atoms with Crippen LogP contribution in [-0.4, -0.2) is 108 Å². The molecule has 0 bridgehead atoms. The molecule has 4 heterocycles. The number of carbonyl (C=O) groups excluding carboxylic acids is 2. The van der Waals surface area contributed by atoms with Crippen LogP contribution in [0.15, 0.2) is 0 Å². The number of carboxylic acids is 1. The van der Waals surface area contributed by atoms with Gasteiger partial charge in [0.05, 0.1) is 18.2 Å². The molecular weight excluding hydrogens is 470 g/mol. The number of fused-ring (bicyclic) bond motifs is 1. The maximum atomic E-state index is 12.9. The maximum Gasteiger partial charge on any atom is 0.327 e. The monoisotopic (exact) mass is 503 g/mol. The minimum atomic E-state index is -3.50. The fourth-order valence-electron chi connectivity index (χ4n) is 5.90. The number of hydrogen-bond donors (Lipinski definition) is 4. The van der Waals surface area contributed by atoms with Gasteiger partial charge >= 0.3 is 5.97 Å². The fourth-order valence-corrected chi connectivity index (χ4v) is 8.47. The summed E-state index contributed by atoms with van der Waals surface area (Å²) >= 11 is 1.53. The Morgan fingerprint density at radius 1 is 1.36 bits per heavy atom. The molecule has 2 unspecified atom stereocenters. The lowest BCUT2D eigenvalue weighted by Gasteiger charge is -2.48. The van der Waals surface area contributed by atoms with E-state index in [1.54, 1.807) is 11.8 Å². The number of rotatable bonds is 7. The Morgan fingerprint density at radius 3 is 2.64 bits per heavy atom. The van der Waals surface area contributed by atoms with Crippen LogP contribution in [0.25, 0.3) is 0 Å². The second-order valence-electron chi connectivity index (χ2n) is 9.84. The Balaban J connectivity index is 1.43. The third kappa shape index (κ3) is 4.62. The Hall–Kier alpha value is -1.41. The van der Waals surface area contributed by atoms with Crippen molar-refractivity contribution in [1.29, 1.82) is 0 Å². The van der Waals surface area contributed by atoms with E-state index in [9.17, 15) is 27.9 Å². The number of sulfonamides is 1.